The van der Waals surface area contributed by atoms with Crippen LogP contribution in [0.4, 0.5) is 5.69 Å². The van der Waals surface area contributed by atoms with Crippen molar-refractivity contribution in [2.75, 3.05) is 25.5 Å². The molecule has 0 radical (unpaired) electrons. The van der Waals surface area contributed by atoms with E-state index in [2.05, 4.69) is 18.3 Å². The molecule has 6 heteroatoms. The van der Waals surface area contributed by atoms with Gasteiger partial charge in [0.25, 0.3) is 0 Å². The number of quaternary nitrogens is 1. The van der Waals surface area contributed by atoms with Crippen LogP contribution < -0.4 is 10.2 Å². The first kappa shape index (κ1) is 16.8. The number of nitrogens with one attached hydrogen (secondary N) is 2. The SMILES string of the molecule is COC(=O)C1=CO[C@@H](C)[C@H]2C[NH+]3CC[C@]4(C(=O)Nc5ccccc54)[C@@H]3C[C@H]12. The smallest absolute Gasteiger partial charge is 0.337 e. The number of para-hydroxylation sites is 1. The maximum absolute atomic E-state index is 13.2. The molecular weight excluding hydrogens is 344 g/mol. The molecule has 2 saturated heterocycles. The minimum absolute atomic E-state index is 0.0677. The van der Waals surface area contributed by atoms with Crippen LogP contribution in [0.15, 0.2) is 36.1 Å². The third-order valence-corrected chi connectivity index (χ3v) is 7.33. The molecule has 6 nitrogen and oxygen atoms in total. The fourth-order valence-electron chi connectivity index (χ4n) is 6.01. The third-order valence-electron chi connectivity index (χ3n) is 7.33. The summed E-state index contributed by atoms with van der Waals surface area (Å²) in [5, 5.41) is 3.11. The summed E-state index contributed by atoms with van der Waals surface area (Å²) in [6, 6.07) is 8.22. The zero-order valence-electron chi connectivity index (χ0n) is 15.7. The van der Waals surface area contributed by atoms with E-state index >= 15 is 0 Å². The number of carbonyl (C=O) groups excluding carboxylic acids is 2. The second-order valence-corrected chi connectivity index (χ2v) is 8.30. The third kappa shape index (κ3) is 2.16. The van der Waals surface area contributed by atoms with Gasteiger partial charge in [0.05, 0.1) is 38.0 Å². The standard InChI is InChI=1S/C21H24N2O4/c1-12-14-10-23-8-7-21(16-5-3-4-6-17(16)22-20(21)25)18(23)9-13(14)15(11-27-12)19(24)26-2/h3-6,11-14,18H,7-10H2,1-2H3,(H,22,25)/p+1/t12-,13-,14+,18-,21+/m0/s1. The van der Waals surface area contributed by atoms with E-state index in [1.54, 1.807) is 6.26 Å². The summed E-state index contributed by atoms with van der Waals surface area (Å²) in [7, 11) is 1.41. The molecule has 1 amide bonds. The van der Waals surface area contributed by atoms with Crippen LogP contribution in [0.2, 0.25) is 0 Å². The van der Waals surface area contributed by atoms with E-state index in [0.29, 0.717) is 5.57 Å². The summed E-state index contributed by atoms with van der Waals surface area (Å²) in [6.45, 7) is 3.97. The molecular formula is C21H25N2O4+. The van der Waals surface area contributed by atoms with Crippen LogP contribution in [0.25, 0.3) is 0 Å². The van der Waals surface area contributed by atoms with Crippen molar-refractivity contribution in [3.8, 4) is 0 Å². The number of piperidine rings is 1. The van der Waals surface area contributed by atoms with Crippen LogP contribution in [-0.2, 0) is 24.5 Å². The van der Waals surface area contributed by atoms with E-state index in [-0.39, 0.29) is 35.9 Å². The van der Waals surface area contributed by atoms with Crippen molar-refractivity contribution in [1.82, 2.24) is 0 Å². The molecule has 0 aliphatic carbocycles. The van der Waals surface area contributed by atoms with Gasteiger partial charge in [0.2, 0.25) is 5.91 Å². The maximum atomic E-state index is 13.2. The first-order valence-corrected chi connectivity index (χ1v) is 9.75. The van der Waals surface area contributed by atoms with Crippen LogP contribution >= 0.6 is 0 Å². The summed E-state index contributed by atoms with van der Waals surface area (Å²) in [5.41, 5.74) is 2.19. The number of amides is 1. The number of carbonyl (C=O) groups is 2. The van der Waals surface area contributed by atoms with Crippen molar-refractivity contribution in [2.24, 2.45) is 11.8 Å². The molecule has 0 aromatic heterocycles. The van der Waals surface area contributed by atoms with E-state index in [9.17, 15) is 9.59 Å². The van der Waals surface area contributed by atoms with E-state index in [0.717, 1.165) is 37.2 Å². The molecule has 27 heavy (non-hydrogen) atoms. The molecule has 0 saturated carbocycles. The summed E-state index contributed by atoms with van der Waals surface area (Å²) < 4.78 is 10.8. The minimum atomic E-state index is -0.486. The van der Waals surface area contributed by atoms with Crippen LogP contribution in [-0.4, -0.2) is 44.2 Å². The van der Waals surface area contributed by atoms with Crippen LogP contribution in [0.1, 0.15) is 25.3 Å². The first-order chi connectivity index (χ1) is 13.1. The van der Waals surface area contributed by atoms with Gasteiger partial charge in [-0.05, 0) is 18.6 Å². The zero-order chi connectivity index (χ0) is 18.8. The molecule has 0 bridgehead atoms. The number of hydrogen-bond donors (Lipinski definition) is 2. The van der Waals surface area contributed by atoms with Gasteiger partial charge in [0, 0.05) is 24.4 Å². The Morgan fingerprint density at radius 3 is 3.00 bits per heavy atom. The average Bonchev–Trinajstić information content (AvgIpc) is 3.20. The van der Waals surface area contributed by atoms with E-state index in [1.165, 1.54) is 12.0 Å². The Kier molecular flexibility index (Phi) is 3.63. The van der Waals surface area contributed by atoms with Gasteiger partial charge in [-0.3, -0.25) is 4.79 Å². The number of benzene rings is 1. The highest BCUT2D eigenvalue weighted by Crippen LogP contribution is 2.48. The van der Waals surface area contributed by atoms with Gasteiger partial charge in [-0.1, -0.05) is 18.2 Å². The number of fused-ring (bicyclic) bond motifs is 5. The molecule has 2 N–H and O–H groups in total. The largest absolute Gasteiger partial charge is 0.497 e. The van der Waals surface area contributed by atoms with Gasteiger partial charge in [-0.15, -0.1) is 0 Å². The van der Waals surface area contributed by atoms with Crippen LogP contribution in [0.5, 0.6) is 0 Å². The van der Waals surface area contributed by atoms with Gasteiger partial charge in [-0.2, -0.15) is 0 Å². The summed E-state index contributed by atoms with van der Waals surface area (Å²) >= 11 is 0. The summed E-state index contributed by atoms with van der Waals surface area (Å²) in [5.74, 6) is 0.144. The quantitative estimate of drug-likeness (QED) is 0.713. The summed E-state index contributed by atoms with van der Waals surface area (Å²) in [6.07, 6.45) is 3.31. The molecule has 142 valence electrons. The van der Waals surface area contributed by atoms with Gasteiger partial charge in [-0.25, -0.2) is 4.79 Å². The van der Waals surface area contributed by atoms with Crippen molar-refractivity contribution in [1.29, 1.82) is 0 Å². The minimum Gasteiger partial charge on any atom is -0.497 e. The highest BCUT2D eigenvalue weighted by atomic mass is 16.5. The van der Waals surface area contributed by atoms with Gasteiger partial charge < -0.3 is 19.7 Å². The van der Waals surface area contributed by atoms with Crippen molar-refractivity contribution in [3.05, 3.63) is 41.7 Å². The molecule has 4 aliphatic heterocycles. The Morgan fingerprint density at radius 1 is 1.37 bits per heavy atom. The van der Waals surface area contributed by atoms with Crippen molar-refractivity contribution < 1.29 is 24.0 Å². The van der Waals surface area contributed by atoms with Crippen molar-refractivity contribution >= 4 is 17.6 Å². The Labute approximate surface area is 158 Å². The highest BCUT2D eigenvalue weighted by Gasteiger charge is 2.64. The maximum Gasteiger partial charge on any atom is 0.337 e. The molecule has 5 rings (SSSR count). The Balaban J connectivity index is 1.55. The van der Waals surface area contributed by atoms with E-state index < -0.39 is 5.41 Å². The Bertz CT molecular complexity index is 850. The number of hydrogen-bond acceptors (Lipinski definition) is 4. The average molecular weight is 369 g/mol. The number of ether oxygens (including phenoxy) is 2. The predicted octanol–water partition coefficient (Wildman–Crippen LogP) is 0.645. The molecule has 6 atom stereocenters. The fourth-order valence-corrected chi connectivity index (χ4v) is 6.01. The predicted molar refractivity (Wildman–Crippen MR) is 98.1 cm³/mol. The molecule has 4 aliphatic rings. The van der Waals surface area contributed by atoms with Crippen LogP contribution in [0, 0.1) is 11.8 Å². The second kappa shape index (κ2) is 5.83. The van der Waals surface area contributed by atoms with Gasteiger partial charge >= 0.3 is 5.97 Å². The number of esters is 1. The topological polar surface area (TPSA) is 69.1 Å². The van der Waals surface area contributed by atoms with Gasteiger partial charge in [0.1, 0.15) is 17.6 Å². The zero-order valence-corrected chi connectivity index (χ0v) is 15.7. The van der Waals surface area contributed by atoms with Crippen LogP contribution in [0.3, 0.4) is 0 Å². The first-order valence-electron chi connectivity index (χ1n) is 9.75. The molecule has 2 fully saturated rings. The molecule has 1 unspecified atom stereocenters. The van der Waals surface area contributed by atoms with Crippen molar-refractivity contribution in [2.45, 2.75) is 37.3 Å². The number of methoxy groups -OCH3 is 1. The lowest BCUT2D eigenvalue weighted by Crippen LogP contribution is -3.17. The lowest BCUT2D eigenvalue weighted by atomic mass is 9.66. The Hall–Kier alpha value is -2.34. The monoisotopic (exact) mass is 369 g/mol. The molecule has 4 heterocycles. The molecule has 1 aromatic rings. The number of rotatable bonds is 1. The number of anilines is 1. The lowest BCUT2D eigenvalue weighted by molar-refractivity contribution is -0.925. The second-order valence-electron chi connectivity index (χ2n) is 8.30. The summed E-state index contributed by atoms with van der Waals surface area (Å²) in [4.78, 5) is 27.0. The van der Waals surface area contributed by atoms with Gasteiger partial charge in [0.15, 0.2) is 0 Å². The Morgan fingerprint density at radius 2 is 2.19 bits per heavy atom. The normalized spacial score (nSPS) is 39.0. The highest BCUT2D eigenvalue weighted by molar-refractivity contribution is 6.07. The van der Waals surface area contributed by atoms with Crippen molar-refractivity contribution in [3.63, 3.8) is 0 Å². The fraction of sp³-hybridized carbons (Fsp3) is 0.524. The van der Waals surface area contributed by atoms with E-state index in [4.69, 9.17) is 9.47 Å². The van der Waals surface area contributed by atoms with E-state index in [1.807, 2.05) is 18.2 Å². The molecule has 1 aromatic carbocycles. The lowest BCUT2D eigenvalue weighted by Gasteiger charge is -2.45. The molecule has 1 spiro atoms.